The lowest BCUT2D eigenvalue weighted by molar-refractivity contribution is 0.736. The maximum absolute atomic E-state index is 5.43. The molecule has 0 saturated heterocycles. The zero-order chi connectivity index (χ0) is 36.6. The summed E-state index contributed by atoms with van der Waals surface area (Å²) in [5.41, 5.74) is 14.3. The molecule has 2 aromatic heterocycles. The van der Waals surface area contributed by atoms with Crippen LogP contribution in [0.2, 0.25) is 0 Å². The van der Waals surface area contributed by atoms with Gasteiger partial charge in [0.15, 0.2) is 11.6 Å². The number of rotatable bonds is 7. The largest absolute Gasteiger partial charge is 0.236 e. The van der Waals surface area contributed by atoms with Gasteiger partial charge in [-0.25, -0.2) is 19.9 Å². The predicted molar refractivity (Wildman–Crippen MR) is 222 cm³/mol. The van der Waals surface area contributed by atoms with Crippen molar-refractivity contribution in [1.29, 1.82) is 0 Å². The van der Waals surface area contributed by atoms with Crippen LogP contribution >= 0.6 is 0 Å². The van der Waals surface area contributed by atoms with Crippen molar-refractivity contribution in [1.82, 2.24) is 19.9 Å². The minimum absolute atomic E-state index is 0.569. The summed E-state index contributed by atoms with van der Waals surface area (Å²) in [6.07, 6.45) is 2.01. The van der Waals surface area contributed by atoms with Gasteiger partial charge in [0.05, 0.1) is 22.5 Å². The summed E-state index contributed by atoms with van der Waals surface area (Å²) < 4.78 is 0. The van der Waals surface area contributed by atoms with Gasteiger partial charge < -0.3 is 0 Å². The van der Waals surface area contributed by atoms with Gasteiger partial charge in [-0.15, -0.1) is 0 Å². The molecule has 0 unspecified atom stereocenters. The van der Waals surface area contributed by atoms with Gasteiger partial charge in [0.25, 0.3) is 0 Å². The Hall–Kier alpha value is -7.30. The van der Waals surface area contributed by atoms with Crippen molar-refractivity contribution >= 4 is 0 Å². The van der Waals surface area contributed by atoms with Crippen LogP contribution in [0.4, 0.5) is 0 Å². The van der Waals surface area contributed by atoms with Crippen molar-refractivity contribution in [3.63, 3.8) is 0 Å². The minimum Gasteiger partial charge on any atom is -0.236 e. The van der Waals surface area contributed by atoms with Gasteiger partial charge in [-0.3, -0.25) is 0 Å². The van der Waals surface area contributed by atoms with E-state index in [0.29, 0.717) is 11.6 Å². The van der Waals surface area contributed by atoms with Crippen LogP contribution in [0.25, 0.3) is 67.5 Å². The summed E-state index contributed by atoms with van der Waals surface area (Å²) in [6, 6.07) is 69.8. The van der Waals surface area contributed by atoms with E-state index in [4.69, 9.17) is 19.9 Å². The number of fused-ring (bicyclic) bond motifs is 3. The van der Waals surface area contributed by atoms with Crippen LogP contribution in [-0.2, 0) is 5.41 Å². The fourth-order valence-electron chi connectivity index (χ4n) is 8.02. The number of benzene rings is 7. The quantitative estimate of drug-likeness (QED) is 0.166. The second-order valence-electron chi connectivity index (χ2n) is 13.8. The average molecular weight is 703 g/mol. The van der Waals surface area contributed by atoms with Crippen molar-refractivity contribution in [2.45, 2.75) is 5.41 Å². The van der Waals surface area contributed by atoms with Crippen LogP contribution in [0.1, 0.15) is 22.4 Å². The number of aromatic nitrogens is 4. The molecule has 0 spiro atoms. The molecule has 4 nitrogen and oxygen atoms in total. The summed E-state index contributed by atoms with van der Waals surface area (Å²) >= 11 is 0. The zero-order valence-electron chi connectivity index (χ0n) is 29.9. The zero-order valence-corrected chi connectivity index (χ0v) is 29.9. The Kier molecular flexibility index (Phi) is 8.00. The third-order valence-corrected chi connectivity index (χ3v) is 10.7. The molecule has 1 aliphatic carbocycles. The molecule has 9 aromatic rings. The van der Waals surface area contributed by atoms with Crippen molar-refractivity contribution < 1.29 is 0 Å². The Morgan fingerprint density at radius 1 is 0.327 bits per heavy atom. The van der Waals surface area contributed by atoms with Crippen LogP contribution in [-0.4, -0.2) is 19.9 Å². The first-order valence-electron chi connectivity index (χ1n) is 18.6. The number of hydrogen-bond donors (Lipinski definition) is 0. The first kappa shape index (κ1) is 32.4. The highest BCUT2D eigenvalue weighted by atomic mass is 14.9. The smallest absolute Gasteiger partial charge is 0.160 e. The lowest BCUT2D eigenvalue weighted by Gasteiger charge is -2.32. The molecule has 0 radical (unpaired) electrons. The van der Waals surface area contributed by atoms with E-state index in [9.17, 15) is 0 Å². The summed E-state index contributed by atoms with van der Waals surface area (Å²) in [5, 5.41) is 0. The van der Waals surface area contributed by atoms with E-state index in [-0.39, 0.29) is 0 Å². The van der Waals surface area contributed by atoms with E-state index < -0.39 is 5.41 Å². The molecule has 0 amide bonds. The van der Waals surface area contributed by atoms with Crippen LogP contribution in [0.5, 0.6) is 0 Å². The second kappa shape index (κ2) is 13.6. The van der Waals surface area contributed by atoms with Gasteiger partial charge in [0.1, 0.15) is 0 Å². The molecule has 0 N–H and O–H groups in total. The van der Waals surface area contributed by atoms with Crippen molar-refractivity contribution in [3.05, 3.63) is 229 Å². The fraction of sp³-hybridized carbons (Fsp3) is 0.0196. The number of hydrogen-bond acceptors (Lipinski definition) is 4. The Morgan fingerprint density at radius 3 is 1.29 bits per heavy atom. The van der Waals surface area contributed by atoms with E-state index in [0.717, 1.165) is 56.0 Å². The summed E-state index contributed by atoms with van der Waals surface area (Å²) in [6.45, 7) is 0. The lowest BCUT2D eigenvalue weighted by Crippen LogP contribution is -2.29. The molecule has 0 bridgehead atoms. The third kappa shape index (κ3) is 5.63. The van der Waals surface area contributed by atoms with E-state index in [1.807, 2.05) is 42.6 Å². The highest BCUT2D eigenvalue weighted by molar-refractivity contribution is 5.85. The highest BCUT2D eigenvalue weighted by Crippen LogP contribution is 2.55. The van der Waals surface area contributed by atoms with E-state index in [1.54, 1.807) is 0 Å². The SMILES string of the molecule is c1ccc(-c2cc(-c3ccccc3)nc(-c3ccc(-c4ccc(-c5ncc6c(n5)C(c5ccccc5)(c5ccccc5)c5ccccc5-6)cc4)cc3)n2)cc1. The Balaban J connectivity index is 1.00. The van der Waals surface area contributed by atoms with E-state index in [2.05, 4.69) is 164 Å². The predicted octanol–water partition coefficient (Wildman–Crippen LogP) is 12.0. The van der Waals surface area contributed by atoms with Gasteiger partial charge in [-0.2, -0.15) is 0 Å². The Morgan fingerprint density at radius 2 is 0.764 bits per heavy atom. The van der Waals surface area contributed by atoms with E-state index in [1.165, 1.54) is 22.3 Å². The molecule has 0 aliphatic heterocycles. The van der Waals surface area contributed by atoms with Crippen molar-refractivity contribution in [2.24, 2.45) is 0 Å². The van der Waals surface area contributed by atoms with Crippen LogP contribution in [0, 0.1) is 0 Å². The molecule has 0 fully saturated rings. The Labute approximate surface area is 320 Å². The van der Waals surface area contributed by atoms with Crippen molar-refractivity contribution in [3.8, 4) is 67.5 Å². The molecule has 0 atom stereocenters. The topological polar surface area (TPSA) is 51.6 Å². The summed E-state index contributed by atoms with van der Waals surface area (Å²) in [7, 11) is 0. The average Bonchev–Trinajstić information content (AvgIpc) is 3.58. The van der Waals surface area contributed by atoms with Gasteiger partial charge in [-0.05, 0) is 39.4 Å². The molecule has 7 aromatic carbocycles. The third-order valence-electron chi connectivity index (χ3n) is 10.7. The first-order valence-corrected chi connectivity index (χ1v) is 18.6. The molecule has 10 rings (SSSR count). The minimum atomic E-state index is -0.569. The maximum Gasteiger partial charge on any atom is 0.160 e. The normalized spacial score (nSPS) is 12.5. The van der Waals surface area contributed by atoms with Crippen LogP contribution < -0.4 is 0 Å². The van der Waals surface area contributed by atoms with Gasteiger partial charge in [-0.1, -0.05) is 194 Å². The van der Waals surface area contributed by atoms with Crippen LogP contribution in [0.15, 0.2) is 206 Å². The molecule has 258 valence electrons. The fourth-order valence-corrected chi connectivity index (χ4v) is 8.02. The van der Waals surface area contributed by atoms with Gasteiger partial charge in [0.2, 0.25) is 0 Å². The molecule has 4 heteroatoms. The van der Waals surface area contributed by atoms with Crippen molar-refractivity contribution in [2.75, 3.05) is 0 Å². The lowest BCUT2D eigenvalue weighted by atomic mass is 9.69. The Bertz CT molecular complexity index is 2670. The molecule has 55 heavy (non-hydrogen) atoms. The van der Waals surface area contributed by atoms with E-state index >= 15 is 0 Å². The molecular formula is C51H34N4. The van der Waals surface area contributed by atoms with Gasteiger partial charge in [0, 0.05) is 34.0 Å². The standard InChI is InChI=1S/C51H34N4/c1-5-15-37(16-6-1)46-33-47(38-17-7-2-8-18-38)54-50(53-46)40-31-27-36(28-32-40)35-25-29-39(30-26-35)49-52-34-44-43-23-13-14-24-45(43)51(48(44)55-49,41-19-9-3-10-20-41)42-21-11-4-12-22-42/h1-34H. The molecular weight excluding hydrogens is 669 g/mol. The summed E-state index contributed by atoms with van der Waals surface area (Å²) in [5.74, 6) is 1.40. The molecule has 0 saturated carbocycles. The molecule has 1 aliphatic rings. The molecule has 2 heterocycles. The number of nitrogens with zero attached hydrogens (tertiary/aromatic N) is 4. The first-order chi connectivity index (χ1) is 27.3. The van der Waals surface area contributed by atoms with Gasteiger partial charge >= 0.3 is 0 Å². The monoisotopic (exact) mass is 702 g/mol. The summed E-state index contributed by atoms with van der Waals surface area (Å²) in [4.78, 5) is 20.4. The maximum atomic E-state index is 5.43. The second-order valence-corrected chi connectivity index (χ2v) is 13.8. The highest BCUT2D eigenvalue weighted by Gasteiger charge is 2.47. The van der Waals surface area contributed by atoms with Crippen LogP contribution in [0.3, 0.4) is 0 Å².